The summed E-state index contributed by atoms with van der Waals surface area (Å²) in [6.45, 7) is 8.98. The monoisotopic (exact) mass is 384 g/mol. The summed E-state index contributed by atoms with van der Waals surface area (Å²) in [6, 6.07) is 6.95. The Bertz CT molecular complexity index is 1070. The van der Waals surface area contributed by atoms with Crippen LogP contribution in [0.1, 0.15) is 34.7 Å². The summed E-state index contributed by atoms with van der Waals surface area (Å²) in [4.78, 5) is 29.2. The van der Waals surface area contributed by atoms with Crippen molar-refractivity contribution in [3.63, 3.8) is 0 Å². The van der Waals surface area contributed by atoms with E-state index in [9.17, 15) is 9.59 Å². The van der Waals surface area contributed by atoms with Gasteiger partial charge in [0.05, 0.1) is 22.4 Å². The third kappa shape index (κ3) is 3.90. The second kappa shape index (κ2) is 8.13. The standard InChI is InChI=1S/C19H20N4O3S/c1-4-10-23-15-8-7-13(18(25)26-6-3)12-16(15)27-19(23)20-17(24)14-9-11-22(5-2)21-14/h4,7-9,11-12H,1,5-6,10H2,2-3H3. The van der Waals surface area contributed by atoms with Gasteiger partial charge in [-0.1, -0.05) is 17.4 Å². The van der Waals surface area contributed by atoms with E-state index in [0.29, 0.717) is 35.8 Å². The molecule has 140 valence electrons. The fraction of sp³-hybridized carbons (Fsp3) is 0.263. The van der Waals surface area contributed by atoms with E-state index in [1.54, 1.807) is 42.1 Å². The van der Waals surface area contributed by atoms with Crippen molar-refractivity contribution in [3.05, 3.63) is 59.2 Å². The highest BCUT2D eigenvalue weighted by Crippen LogP contribution is 2.20. The molecule has 1 aromatic carbocycles. The molecule has 27 heavy (non-hydrogen) atoms. The van der Waals surface area contributed by atoms with E-state index in [1.807, 2.05) is 17.6 Å². The minimum absolute atomic E-state index is 0.298. The van der Waals surface area contributed by atoms with E-state index in [2.05, 4.69) is 16.7 Å². The summed E-state index contributed by atoms with van der Waals surface area (Å²) in [7, 11) is 0. The van der Waals surface area contributed by atoms with E-state index >= 15 is 0 Å². The first-order chi connectivity index (χ1) is 13.1. The second-order valence-electron chi connectivity index (χ2n) is 5.66. The normalized spacial score (nSPS) is 11.7. The van der Waals surface area contributed by atoms with Gasteiger partial charge in [0.25, 0.3) is 5.91 Å². The van der Waals surface area contributed by atoms with E-state index in [1.165, 1.54) is 11.3 Å². The first-order valence-corrected chi connectivity index (χ1v) is 9.43. The molecule has 3 aromatic rings. The number of fused-ring (bicyclic) bond motifs is 1. The highest BCUT2D eigenvalue weighted by atomic mass is 32.1. The highest BCUT2D eigenvalue weighted by molar-refractivity contribution is 7.16. The van der Waals surface area contributed by atoms with Crippen molar-refractivity contribution >= 4 is 33.4 Å². The number of rotatable bonds is 6. The molecule has 2 heterocycles. The van der Waals surface area contributed by atoms with E-state index < -0.39 is 5.91 Å². The van der Waals surface area contributed by atoms with Crippen molar-refractivity contribution in [2.45, 2.75) is 26.9 Å². The predicted molar refractivity (Wildman–Crippen MR) is 104 cm³/mol. The molecule has 3 rings (SSSR count). The number of esters is 1. The lowest BCUT2D eigenvalue weighted by Crippen LogP contribution is -2.16. The lowest BCUT2D eigenvalue weighted by molar-refractivity contribution is 0.0526. The van der Waals surface area contributed by atoms with Crippen LogP contribution in [0.2, 0.25) is 0 Å². The first kappa shape index (κ1) is 18.8. The molecule has 0 radical (unpaired) electrons. The lowest BCUT2D eigenvalue weighted by Gasteiger charge is -2.03. The molecule has 0 N–H and O–H groups in total. The molecular formula is C19H20N4O3S. The predicted octanol–water partition coefficient (Wildman–Crippen LogP) is 3.02. The summed E-state index contributed by atoms with van der Waals surface area (Å²) in [6.07, 6.45) is 3.48. The number of benzene rings is 1. The number of carbonyl (C=O) groups is 2. The maximum Gasteiger partial charge on any atom is 0.338 e. The molecule has 8 heteroatoms. The number of carbonyl (C=O) groups excluding carboxylic acids is 2. The Balaban J connectivity index is 2.07. The Labute approximate surface area is 160 Å². The van der Waals surface area contributed by atoms with Gasteiger partial charge >= 0.3 is 5.97 Å². The molecule has 2 aromatic heterocycles. The number of hydrogen-bond donors (Lipinski definition) is 0. The van der Waals surface area contributed by atoms with Crippen molar-refractivity contribution in [2.75, 3.05) is 6.61 Å². The molecule has 0 unspecified atom stereocenters. The average molecular weight is 384 g/mol. The van der Waals surface area contributed by atoms with Crippen LogP contribution in [-0.2, 0) is 17.8 Å². The van der Waals surface area contributed by atoms with Gasteiger partial charge in [0.1, 0.15) is 0 Å². The van der Waals surface area contributed by atoms with Crippen LogP contribution in [0.3, 0.4) is 0 Å². The Morgan fingerprint density at radius 2 is 2.15 bits per heavy atom. The van der Waals surface area contributed by atoms with Gasteiger partial charge < -0.3 is 9.30 Å². The van der Waals surface area contributed by atoms with Gasteiger partial charge in [0.15, 0.2) is 10.5 Å². The zero-order valence-electron chi connectivity index (χ0n) is 15.2. The van der Waals surface area contributed by atoms with Crippen LogP contribution in [0.5, 0.6) is 0 Å². The van der Waals surface area contributed by atoms with Gasteiger partial charge in [-0.2, -0.15) is 10.1 Å². The van der Waals surface area contributed by atoms with Gasteiger partial charge in [-0.25, -0.2) is 4.79 Å². The van der Waals surface area contributed by atoms with Crippen LogP contribution in [0, 0.1) is 0 Å². The van der Waals surface area contributed by atoms with Crippen molar-refractivity contribution in [1.29, 1.82) is 0 Å². The summed E-state index contributed by atoms with van der Waals surface area (Å²) in [5.41, 5.74) is 1.64. The number of ether oxygens (including phenoxy) is 1. The maximum atomic E-state index is 12.5. The van der Waals surface area contributed by atoms with Gasteiger partial charge in [-0.05, 0) is 38.1 Å². The third-order valence-electron chi connectivity index (χ3n) is 3.89. The molecule has 0 atom stereocenters. The van der Waals surface area contributed by atoms with Crippen molar-refractivity contribution in [1.82, 2.24) is 14.3 Å². The number of allylic oxidation sites excluding steroid dienone is 1. The van der Waals surface area contributed by atoms with Crippen molar-refractivity contribution < 1.29 is 14.3 Å². The van der Waals surface area contributed by atoms with Gasteiger partial charge in [0.2, 0.25) is 0 Å². The Hall–Kier alpha value is -3.00. The minimum Gasteiger partial charge on any atom is -0.462 e. The van der Waals surface area contributed by atoms with Crippen molar-refractivity contribution in [3.8, 4) is 0 Å². The number of thiazole rings is 1. The number of amides is 1. The zero-order chi connectivity index (χ0) is 19.4. The largest absolute Gasteiger partial charge is 0.462 e. The molecular weight excluding hydrogens is 364 g/mol. The maximum absolute atomic E-state index is 12.5. The number of nitrogens with zero attached hydrogens (tertiary/aromatic N) is 4. The quantitative estimate of drug-likeness (QED) is 0.483. The molecule has 0 aliphatic rings. The number of aromatic nitrogens is 3. The SMILES string of the molecule is C=CCn1c(=NC(=O)c2ccn(CC)n2)sc2cc(C(=O)OCC)ccc21. The molecule has 0 aliphatic heterocycles. The lowest BCUT2D eigenvalue weighted by atomic mass is 10.2. The highest BCUT2D eigenvalue weighted by Gasteiger charge is 2.13. The van der Waals surface area contributed by atoms with Gasteiger partial charge in [0, 0.05) is 19.3 Å². The van der Waals surface area contributed by atoms with Crippen LogP contribution < -0.4 is 4.80 Å². The van der Waals surface area contributed by atoms with Gasteiger partial charge in [-0.15, -0.1) is 6.58 Å². The first-order valence-electron chi connectivity index (χ1n) is 8.61. The molecule has 0 fully saturated rings. The third-order valence-corrected chi connectivity index (χ3v) is 4.93. The summed E-state index contributed by atoms with van der Waals surface area (Å²) in [5, 5.41) is 4.20. The molecule has 0 aliphatic carbocycles. The van der Waals surface area contributed by atoms with E-state index in [4.69, 9.17) is 4.74 Å². The van der Waals surface area contributed by atoms with Crippen LogP contribution in [0.15, 0.2) is 48.1 Å². The van der Waals surface area contributed by atoms with Crippen LogP contribution >= 0.6 is 11.3 Å². The number of aryl methyl sites for hydroxylation is 1. The Kier molecular flexibility index (Phi) is 5.66. The molecule has 0 saturated carbocycles. The second-order valence-corrected chi connectivity index (χ2v) is 6.67. The Morgan fingerprint density at radius 1 is 1.33 bits per heavy atom. The number of hydrogen-bond acceptors (Lipinski definition) is 5. The van der Waals surface area contributed by atoms with Crippen molar-refractivity contribution in [2.24, 2.45) is 4.99 Å². The molecule has 0 saturated heterocycles. The van der Waals surface area contributed by atoms with E-state index in [-0.39, 0.29) is 5.97 Å². The summed E-state index contributed by atoms with van der Waals surface area (Å²) < 4.78 is 9.46. The Morgan fingerprint density at radius 3 is 2.81 bits per heavy atom. The molecule has 0 spiro atoms. The fourth-order valence-electron chi connectivity index (χ4n) is 2.60. The van der Waals surface area contributed by atoms with E-state index in [0.717, 1.165) is 10.2 Å². The van der Waals surface area contributed by atoms with Crippen LogP contribution in [0.4, 0.5) is 0 Å². The molecule has 7 nitrogen and oxygen atoms in total. The topological polar surface area (TPSA) is 78.5 Å². The zero-order valence-corrected chi connectivity index (χ0v) is 16.0. The minimum atomic E-state index is -0.405. The fourth-order valence-corrected chi connectivity index (χ4v) is 3.68. The molecule has 0 bridgehead atoms. The van der Waals surface area contributed by atoms with Crippen LogP contribution in [-0.4, -0.2) is 32.8 Å². The summed E-state index contributed by atoms with van der Waals surface area (Å²) in [5.74, 6) is -0.778. The smallest absolute Gasteiger partial charge is 0.338 e. The van der Waals surface area contributed by atoms with Gasteiger partial charge in [-0.3, -0.25) is 9.48 Å². The van der Waals surface area contributed by atoms with Crippen LogP contribution in [0.25, 0.3) is 10.2 Å². The molecule has 1 amide bonds. The summed E-state index contributed by atoms with van der Waals surface area (Å²) >= 11 is 1.33. The average Bonchev–Trinajstić information content (AvgIpc) is 3.27.